The van der Waals surface area contributed by atoms with Crippen LogP contribution < -0.4 is 10.5 Å². The highest BCUT2D eigenvalue weighted by Gasteiger charge is 2.25. The van der Waals surface area contributed by atoms with Crippen LogP contribution in [0.15, 0.2) is 30.9 Å². The highest BCUT2D eigenvalue weighted by molar-refractivity contribution is 5.48. The van der Waals surface area contributed by atoms with E-state index in [0.717, 1.165) is 23.4 Å². The average molecular weight is 259 g/mol. The second-order valence-corrected chi connectivity index (χ2v) is 5.47. The molecule has 1 aromatic rings. The number of ether oxygens (including phenoxy) is 1. The lowest BCUT2D eigenvalue weighted by molar-refractivity contribution is 0.0895. The summed E-state index contributed by atoms with van der Waals surface area (Å²) in [6, 6.07) is 5.93. The Morgan fingerprint density at radius 2 is 2.16 bits per heavy atom. The molecule has 0 radical (unpaired) electrons. The van der Waals surface area contributed by atoms with Crippen molar-refractivity contribution in [1.29, 1.82) is 0 Å². The number of rotatable bonds is 5. The molecule has 0 bridgehead atoms. The van der Waals surface area contributed by atoms with Crippen molar-refractivity contribution in [3.63, 3.8) is 0 Å². The fourth-order valence-corrected chi connectivity index (χ4v) is 2.99. The first-order valence-corrected chi connectivity index (χ1v) is 7.40. The molecule has 2 unspecified atom stereocenters. The van der Waals surface area contributed by atoms with E-state index in [1.54, 1.807) is 0 Å². The molecule has 2 nitrogen and oxygen atoms in total. The molecule has 0 aromatic heterocycles. The second-order valence-electron chi connectivity index (χ2n) is 5.47. The molecule has 2 rings (SSSR count). The second kappa shape index (κ2) is 6.65. The lowest BCUT2D eigenvalue weighted by atomic mass is 9.84. The number of nitrogen functional groups attached to an aromatic ring is 1. The Kier molecular flexibility index (Phi) is 4.89. The summed E-state index contributed by atoms with van der Waals surface area (Å²) in [5.41, 5.74) is 7.79. The first kappa shape index (κ1) is 14.0. The van der Waals surface area contributed by atoms with Gasteiger partial charge in [-0.2, -0.15) is 0 Å². The Labute approximate surface area is 116 Å². The predicted octanol–water partition coefficient (Wildman–Crippen LogP) is 4.34. The van der Waals surface area contributed by atoms with Crippen LogP contribution in [0.1, 0.15) is 44.6 Å². The van der Waals surface area contributed by atoms with Gasteiger partial charge in [-0.1, -0.05) is 19.4 Å². The maximum absolute atomic E-state index is 6.29. The van der Waals surface area contributed by atoms with Crippen molar-refractivity contribution in [3.8, 4) is 5.75 Å². The number of nitrogens with two attached hydrogens (primary N) is 1. The quantitative estimate of drug-likeness (QED) is 0.630. The summed E-state index contributed by atoms with van der Waals surface area (Å²) >= 11 is 0. The molecule has 0 aliphatic heterocycles. The van der Waals surface area contributed by atoms with Crippen molar-refractivity contribution in [2.75, 3.05) is 5.73 Å². The van der Waals surface area contributed by atoms with Gasteiger partial charge in [0.15, 0.2) is 0 Å². The van der Waals surface area contributed by atoms with E-state index in [2.05, 4.69) is 13.5 Å². The molecule has 0 saturated heterocycles. The Bertz CT molecular complexity index is 427. The van der Waals surface area contributed by atoms with E-state index >= 15 is 0 Å². The van der Waals surface area contributed by atoms with E-state index in [4.69, 9.17) is 10.5 Å². The molecule has 1 saturated carbocycles. The first-order chi connectivity index (χ1) is 9.24. The lowest BCUT2D eigenvalue weighted by Gasteiger charge is -2.32. The molecule has 2 heteroatoms. The zero-order valence-electron chi connectivity index (χ0n) is 11.9. The van der Waals surface area contributed by atoms with Crippen LogP contribution in [0.3, 0.4) is 0 Å². The summed E-state index contributed by atoms with van der Waals surface area (Å²) in [6.07, 6.45) is 9.39. The van der Waals surface area contributed by atoms with E-state index < -0.39 is 0 Å². The van der Waals surface area contributed by atoms with E-state index in [1.165, 1.54) is 32.1 Å². The van der Waals surface area contributed by atoms with Gasteiger partial charge in [-0.05, 0) is 61.8 Å². The van der Waals surface area contributed by atoms with Gasteiger partial charge >= 0.3 is 0 Å². The third-order valence-electron chi connectivity index (χ3n) is 4.09. The van der Waals surface area contributed by atoms with Crippen LogP contribution in [0.4, 0.5) is 5.69 Å². The van der Waals surface area contributed by atoms with E-state index in [9.17, 15) is 0 Å². The van der Waals surface area contributed by atoms with Gasteiger partial charge in [0.2, 0.25) is 0 Å². The molecule has 1 fully saturated rings. The molecule has 104 valence electrons. The Balaban J connectivity index is 2.14. The molecular formula is C17H25NO. The van der Waals surface area contributed by atoms with E-state index in [-0.39, 0.29) is 0 Å². The number of allylic oxidation sites excluding steroid dienone is 1. The molecule has 2 N–H and O–H groups in total. The lowest BCUT2D eigenvalue weighted by Crippen LogP contribution is -2.30. The van der Waals surface area contributed by atoms with Crippen LogP contribution in [0, 0.1) is 5.92 Å². The molecule has 1 aromatic carbocycles. The molecule has 0 heterocycles. The summed E-state index contributed by atoms with van der Waals surface area (Å²) in [5, 5.41) is 0. The Morgan fingerprint density at radius 3 is 2.89 bits per heavy atom. The number of benzene rings is 1. The summed E-state index contributed by atoms with van der Waals surface area (Å²) in [7, 11) is 0. The smallest absolute Gasteiger partial charge is 0.123 e. The summed E-state index contributed by atoms with van der Waals surface area (Å²) in [6.45, 7) is 6.07. The molecule has 2 atom stereocenters. The maximum Gasteiger partial charge on any atom is 0.123 e. The topological polar surface area (TPSA) is 35.2 Å². The van der Waals surface area contributed by atoms with Crippen LogP contribution in [0.25, 0.3) is 0 Å². The normalized spacial score (nSPS) is 23.0. The Hall–Kier alpha value is -1.44. The van der Waals surface area contributed by atoms with Gasteiger partial charge in [0.05, 0.1) is 0 Å². The van der Waals surface area contributed by atoms with Gasteiger partial charge in [-0.15, -0.1) is 6.58 Å². The molecule has 1 aliphatic rings. The largest absolute Gasteiger partial charge is 0.490 e. The van der Waals surface area contributed by atoms with Gasteiger partial charge < -0.3 is 10.5 Å². The van der Waals surface area contributed by atoms with Gasteiger partial charge in [-0.3, -0.25) is 0 Å². The van der Waals surface area contributed by atoms with Gasteiger partial charge in [-0.25, -0.2) is 0 Å². The van der Waals surface area contributed by atoms with E-state index in [0.29, 0.717) is 12.0 Å². The fraction of sp³-hybridized carbons (Fsp3) is 0.529. The van der Waals surface area contributed by atoms with Crippen molar-refractivity contribution in [2.24, 2.45) is 5.92 Å². The van der Waals surface area contributed by atoms with Gasteiger partial charge in [0.25, 0.3) is 0 Å². The minimum absolute atomic E-state index is 0.367. The maximum atomic E-state index is 6.29. The van der Waals surface area contributed by atoms with Crippen LogP contribution >= 0.6 is 0 Å². The SMILES string of the molecule is C=CCc1cc(N)ccc1OC1CCCCC1CC. The van der Waals surface area contributed by atoms with E-state index in [1.807, 2.05) is 24.3 Å². The molecule has 0 amide bonds. The standard InChI is InChI=1S/C17H25NO/c1-3-7-14-12-15(18)10-11-17(14)19-16-9-6-5-8-13(16)4-2/h3,10-13,16H,1,4-9,18H2,2H3. The highest BCUT2D eigenvalue weighted by atomic mass is 16.5. The van der Waals surface area contributed by atoms with Crippen molar-refractivity contribution in [1.82, 2.24) is 0 Å². The first-order valence-electron chi connectivity index (χ1n) is 7.40. The molecule has 1 aliphatic carbocycles. The third kappa shape index (κ3) is 3.52. The zero-order chi connectivity index (χ0) is 13.7. The third-order valence-corrected chi connectivity index (χ3v) is 4.09. The Morgan fingerprint density at radius 1 is 1.37 bits per heavy atom. The average Bonchev–Trinajstić information content (AvgIpc) is 2.43. The zero-order valence-corrected chi connectivity index (χ0v) is 11.9. The monoisotopic (exact) mass is 259 g/mol. The van der Waals surface area contributed by atoms with Crippen molar-refractivity contribution in [2.45, 2.75) is 51.6 Å². The number of hydrogen-bond donors (Lipinski definition) is 1. The van der Waals surface area contributed by atoms with Crippen molar-refractivity contribution >= 4 is 5.69 Å². The van der Waals surface area contributed by atoms with Gasteiger partial charge in [0, 0.05) is 5.69 Å². The fourth-order valence-electron chi connectivity index (χ4n) is 2.99. The molecular weight excluding hydrogens is 234 g/mol. The van der Waals surface area contributed by atoms with Crippen LogP contribution in [-0.4, -0.2) is 6.10 Å². The summed E-state index contributed by atoms with van der Waals surface area (Å²) in [5.74, 6) is 1.68. The van der Waals surface area contributed by atoms with Crippen LogP contribution in [0.5, 0.6) is 5.75 Å². The predicted molar refractivity (Wildman–Crippen MR) is 81.4 cm³/mol. The van der Waals surface area contributed by atoms with Crippen molar-refractivity contribution in [3.05, 3.63) is 36.4 Å². The molecule has 0 spiro atoms. The van der Waals surface area contributed by atoms with Crippen LogP contribution in [-0.2, 0) is 6.42 Å². The van der Waals surface area contributed by atoms with Crippen molar-refractivity contribution < 1.29 is 4.74 Å². The minimum atomic E-state index is 0.367. The highest BCUT2D eigenvalue weighted by Crippen LogP contribution is 2.32. The summed E-state index contributed by atoms with van der Waals surface area (Å²) < 4.78 is 6.29. The number of anilines is 1. The minimum Gasteiger partial charge on any atom is -0.490 e. The van der Waals surface area contributed by atoms with Crippen LogP contribution in [0.2, 0.25) is 0 Å². The van der Waals surface area contributed by atoms with Gasteiger partial charge in [0.1, 0.15) is 11.9 Å². The number of hydrogen-bond acceptors (Lipinski definition) is 2. The molecule has 19 heavy (non-hydrogen) atoms. The summed E-state index contributed by atoms with van der Waals surface area (Å²) in [4.78, 5) is 0.